The molecule has 4 heteroatoms. The molecule has 1 aliphatic rings. The van der Waals surface area contributed by atoms with Crippen LogP contribution in [0.3, 0.4) is 0 Å². The Morgan fingerprint density at radius 2 is 1.52 bits per heavy atom. The first-order valence-electron chi connectivity index (χ1n) is 7.09. The van der Waals surface area contributed by atoms with Crippen molar-refractivity contribution in [3.8, 4) is 11.1 Å². The summed E-state index contributed by atoms with van der Waals surface area (Å²) in [4.78, 5) is 0. The standard InChI is InChI=1S/C19H11BrF2O/c20-12-6-7-14-13-3-1-2-4-15(13)19(23,16(14)10-12)11-5-8-17(21)18(22)9-11/h1-10,23H. The molecule has 114 valence electrons. The van der Waals surface area contributed by atoms with Crippen LogP contribution in [0, 0.1) is 11.6 Å². The van der Waals surface area contributed by atoms with Gasteiger partial charge in [-0.3, -0.25) is 0 Å². The van der Waals surface area contributed by atoms with Gasteiger partial charge in [-0.15, -0.1) is 0 Å². The number of halogens is 3. The summed E-state index contributed by atoms with van der Waals surface area (Å²) in [6, 6.07) is 16.6. The van der Waals surface area contributed by atoms with Crippen molar-refractivity contribution < 1.29 is 13.9 Å². The van der Waals surface area contributed by atoms with Gasteiger partial charge in [-0.1, -0.05) is 52.3 Å². The van der Waals surface area contributed by atoms with Crippen molar-refractivity contribution in [2.75, 3.05) is 0 Å². The van der Waals surface area contributed by atoms with Gasteiger partial charge in [0.05, 0.1) is 0 Å². The van der Waals surface area contributed by atoms with Crippen molar-refractivity contribution in [3.05, 3.63) is 93.5 Å². The Balaban J connectivity index is 2.07. The molecule has 0 spiro atoms. The summed E-state index contributed by atoms with van der Waals surface area (Å²) in [5, 5.41) is 11.5. The Morgan fingerprint density at radius 1 is 0.783 bits per heavy atom. The van der Waals surface area contributed by atoms with E-state index < -0.39 is 17.2 Å². The third kappa shape index (κ3) is 1.98. The van der Waals surface area contributed by atoms with Gasteiger partial charge in [0.1, 0.15) is 5.60 Å². The van der Waals surface area contributed by atoms with Crippen molar-refractivity contribution in [1.29, 1.82) is 0 Å². The SMILES string of the molecule is OC1(c2ccc(F)c(F)c2)c2ccccc2-c2ccc(Br)cc21. The van der Waals surface area contributed by atoms with Gasteiger partial charge in [-0.25, -0.2) is 8.78 Å². The number of aliphatic hydroxyl groups is 1. The van der Waals surface area contributed by atoms with Crippen LogP contribution in [0.5, 0.6) is 0 Å². The lowest BCUT2D eigenvalue weighted by Gasteiger charge is -2.26. The molecule has 23 heavy (non-hydrogen) atoms. The van der Waals surface area contributed by atoms with E-state index in [1.165, 1.54) is 6.07 Å². The van der Waals surface area contributed by atoms with Crippen molar-refractivity contribution >= 4 is 15.9 Å². The molecule has 0 aromatic heterocycles. The molecule has 1 nitrogen and oxygen atoms in total. The van der Waals surface area contributed by atoms with Crippen molar-refractivity contribution in [2.45, 2.75) is 5.60 Å². The summed E-state index contributed by atoms with van der Waals surface area (Å²) >= 11 is 3.41. The van der Waals surface area contributed by atoms with Gasteiger partial charge in [0.2, 0.25) is 0 Å². The fraction of sp³-hybridized carbons (Fsp3) is 0.0526. The lowest BCUT2D eigenvalue weighted by Crippen LogP contribution is -2.26. The van der Waals surface area contributed by atoms with Crippen LogP contribution < -0.4 is 0 Å². The largest absolute Gasteiger partial charge is 0.376 e. The first kappa shape index (κ1) is 14.5. The molecule has 0 heterocycles. The van der Waals surface area contributed by atoms with Gasteiger partial charge < -0.3 is 5.11 Å². The van der Waals surface area contributed by atoms with Crippen molar-refractivity contribution in [1.82, 2.24) is 0 Å². The molecular formula is C19H11BrF2O. The van der Waals surface area contributed by atoms with Crippen LogP contribution in [0.15, 0.2) is 65.1 Å². The van der Waals surface area contributed by atoms with E-state index in [0.29, 0.717) is 16.7 Å². The van der Waals surface area contributed by atoms with Crippen molar-refractivity contribution in [2.24, 2.45) is 0 Å². The molecule has 3 aromatic carbocycles. The Hall–Kier alpha value is -2.04. The zero-order valence-corrected chi connectivity index (χ0v) is 13.4. The molecule has 3 aromatic rings. The maximum Gasteiger partial charge on any atom is 0.159 e. The molecule has 0 bridgehead atoms. The van der Waals surface area contributed by atoms with Gasteiger partial charge in [0, 0.05) is 15.6 Å². The Labute approximate surface area is 140 Å². The highest BCUT2D eigenvalue weighted by molar-refractivity contribution is 9.10. The molecule has 0 fully saturated rings. The minimum Gasteiger partial charge on any atom is -0.376 e. The summed E-state index contributed by atoms with van der Waals surface area (Å²) in [5.41, 5.74) is 1.89. The number of fused-ring (bicyclic) bond motifs is 3. The molecule has 1 aliphatic carbocycles. The van der Waals surface area contributed by atoms with Crippen LogP contribution >= 0.6 is 15.9 Å². The van der Waals surface area contributed by atoms with E-state index in [0.717, 1.165) is 27.7 Å². The molecule has 1 unspecified atom stereocenters. The molecular weight excluding hydrogens is 362 g/mol. The Bertz CT molecular complexity index is 938. The summed E-state index contributed by atoms with van der Waals surface area (Å²) in [7, 11) is 0. The zero-order valence-electron chi connectivity index (χ0n) is 11.9. The summed E-state index contributed by atoms with van der Waals surface area (Å²) in [6.07, 6.45) is 0. The fourth-order valence-corrected chi connectivity index (χ4v) is 3.62. The summed E-state index contributed by atoms with van der Waals surface area (Å²) in [6.45, 7) is 0. The van der Waals surface area contributed by atoms with Crippen LogP contribution in [0.2, 0.25) is 0 Å². The first-order valence-corrected chi connectivity index (χ1v) is 7.89. The van der Waals surface area contributed by atoms with E-state index in [1.54, 1.807) is 0 Å². The molecule has 0 aliphatic heterocycles. The highest BCUT2D eigenvalue weighted by Crippen LogP contribution is 2.51. The van der Waals surface area contributed by atoms with E-state index in [-0.39, 0.29) is 0 Å². The van der Waals surface area contributed by atoms with Gasteiger partial charge in [0.15, 0.2) is 11.6 Å². The third-order valence-corrected chi connectivity index (χ3v) is 4.81. The quantitative estimate of drug-likeness (QED) is 0.637. The number of benzene rings is 3. The topological polar surface area (TPSA) is 20.2 Å². The molecule has 0 radical (unpaired) electrons. The minimum atomic E-state index is -1.51. The van der Waals surface area contributed by atoms with E-state index in [9.17, 15) is 13.9 Å². The minimum absolute atomic E-state index is 0.306. The van der Waals surface area contributed by atoms with Gasteiger partial charge in [0.25, 0.3) is 0 Å². The lowest BCUT2D eigenvalue weighted by molar-refractivity contribution is 0.130. The molecule has 0 saturated carbocycles. The zero-order chi connectivity index (χ0) is 16.2. The van der Waals surface area contributed by atoms with Crippen molar-refractivity contribution in [3.63, 3.8) is 0 Å². The second-order valence-electron chi connectivity index (χ2n) is 5.57. The van der Waals surface area contributed by atoms with Crippen LogP contribution in [0.1, 0.15) is 16.7 Å². The van der Waals surface area contributed by atoms with Crippen LogP contribution in [0.4, 0.5) is 8.78 Å². The average Bonchev–Trinajstić information content (AvgIpc) is 2.81. The highest BCUT2D eigenvalue weighted by Gasteiger charge is 2.43. The van der Waals surface area contributed by atoms with E-state index in [4.69, 9.17) is 0 Å². The van der Waals surface area contributed by atoms with Gasteiger partial charge >= 0.3 is 0 Å². The fourth-order valence-electron chi connectivity index (χ4n) is 3.26. The normalized spacial score (nSPS) is 18.6. The maximum atomic E-state index is 13.7. The van der Waals surface area contributed by atoms with E-state index in [2.05, 4.69) is 15.9 Å². The summed E-state index contributed by atoms with van der Waals surface area (Å²) in [5.74, 6) is -1.91. The predicted molar refractivity (Wildman–Crippen MR) is 88.0 cm³/mol. The molecule has 1 N–H and O–H groups in total. The number of rotatable bonds is 1. The van der Waals surface area contributed by atoms with Gasteiger partial charge in [-0.2, -0.15) is 0 Å². The van der Waals surface area contributed by atoms with Crippen LogP contribution in [0.25, 0.3) is 11.1 Å². The maximum absolute atomic E-state index is 13.7. The molecule has 0 amide bonds. The second-order valence-corrected chi connectivity index (χ2v) is 6.49. The lowest BCUT2D eigenvalue weighted by atomic mass is 9.84. The molecule has 0 saturated heterocycles. The highest BCUT2D eigenvalue weighted by atomic mass is 79.9. The molecule has 4 rings (SSSR count). The third-order valence-electron chi connectivity index (χ3n) is 4.32. The van der Waals surface area contributed by atoms with E-state index in [1.807, 2.05) is 42.5 Å². The molecule has 1 atom stereocenters. The van der Waals surface area contributed by atoms with Crippen LogP contribution in [-0.2, 0) is 5.60 Å². The average molecular weight is 373 g/mol. The summed E-state index contributed by atoms with van der Waals surface area (Å²) < 4.78 is 27.9. The predicted octanol–water partition coefficient (Wildman–Crippen LogP) is 4.99. The van der Waals surface area contributed by atoms with Crippen LogP contribution in [-0.4, -0.2) is 5.11 Å². The second kappa shape index (κ2) is 4.98. The smallest absolute Gasteiger partial charge is 0.159 e. The first-order chi connectivity index (χ1) is 11.0. The number of hydrogen-bond acceptors (Lipinski definition) is 1. The van der Waals surface area contributed by atoms with Gasteiger partial charge in [-0.05, 0) is 41.0 Å². The van der Waals surface area contributed by atoms with E-state index >= 15 is 0 Å². The Morgan fingerprint density at radius 3 is 2.30 bits per heavy atom. The monoisotopic (exact) mass is 372 g/mol. The Kier molecular flexibility index (Phi) is 3.15. The number of hydrogen-bond donors (Lipinski definition) is 1.